The molecule has 0 unspecified atom stereocenters. The summed E-state index contributed by atoms with van der Waals surface area (Å²) >= 11 is 0. The Kier molecular flexibility index (Phi) is 3.46. The lowest BCUT2D eigenvalue weighted by Crippen LogP contribution is -2.19. The van der Waals surface area contributed by atoms with Crippen LogP contribution in [0.4, 0.5) is 11.5 Å². The van der Waals surface area contributed by atoms with Crippen LogP contribution in [0.25, 0.3) is 0 Å². The molecule has 0 atom stereocenters. The van der Waals surface area contributed by atoms with E-state index < -0.39 is 0 Å². The summed E-state index contributed by atoms with van der Waals surface area (Å²) in [5.41, 5.74) is 9.41. The molecule has 2 N–H and O–H groups in total. The van der Waals surface area contributed by atoms with E-state index in [-0.39, 0.29) is 0 Å². The maximum atomic E-state index is 5.77. The van der Waals surface area contributed by atoms with Gasteiger partial charge in [-0.2, -0.15) is 0 Å². The van der Waals surface area contributed by atoms with E-state index in [2.05, 4.69) is 14.9 Å². The molecule has 0 saturated heterocycles. The van der Waals surface area contributed by atoms with Crippen molar-refractivity contribution in [3.8, 4) is 0 Å². The molecule has 0 aliphatic carbocycles. The van der Waals surface area contributed by atoms with E-state index in [0.29, 0.717) is 0 Å². The first-order valence-electron chi connectivity index (χ1n) is 5.93. The van der Waals surface area contributed by atoms with Gasteiger partial charge >= 0.3 is 0 Å². The first-order chi connectivity index (χ1) is 8.56. The molecule has 2 aromatic rings. The fourth-order valence-electron chi connectivity index (χ4n) is 1.78. The summed E-state index contributed by atoms with van der Waals surface area (Å²) in [5, 5.41) is 0. The quantitative estimate of drug-likeness (QED) is 0.897. The molecular weight excluding hydrogens is 224 g/mol. The van der Waals surface area contributed by atoms with Gasteiger partial charge in [0.1, 0.15) is 5.82 Å². The van der Waals surface area contributed by atoms with Crippen LogP contribution in [0.1, 0.15) is 17.1 Å². The standard InChI is InChI=1S/C14H18N4/c1-10-5-4-6-12(16-10)9-18(3)14-8-7-13(15)11(2)17-14/h4-8H,9,15H2,1-3H3. The van der Waals surface area contributed by atoms with E-state index in [4.69, 9.17) is 5.73 Å². The van der Waals surface area contributed by atoms with Gasteiger partial charge in [-0.05, 0) is 38.1 Å². The Morgan fingerprint density at radius 2 is 1.89 bits per heavy atom. The van der Waals surface area contributed by atoms with Crippen molar-refractivity contribution in [3.05, 3.63) is 47.4 Å². The fraction of sp³-hybridized carbons (Fsp3) is 0.286. The molecule has 2 aromatic heterocycles. The van der Waals surface area contributed by atoms with E-state index in [0.717, 1.165) is 35.1 Å². The van der Waals surface area contributed by atoms with Crippen molar-refractivity contribution in [1.82, 2.24) is 9.97 Å². The highest BCUT2D eigenvalue weighted by Crippen LogP contribution is 2.16. The molecule has 2 rings (SSSR count). The lowest BCUT2D eigenvalue weighted by molar-refractivity contribution is 0.856. The smallest absolute Gasteiger partial charge is 0.129 e. The molecule has 18 heavy (non-hydrogen) atoms. The summed E-state index contributed by atoms with van der Waals surface area (Å²) in [4.78, 5) is 11.0. The molecule has 4 nitrogen and oxygen atoms in total. The van der Waals surface area contributed by atoms with Gasteiger partial charge in [0.15, 0.2) is 0 Å². The van der Waals surface area contributed by atoms with Crippen molar-refractivity contribution in [2.24, 2.45) is 0 Å². The van der Waals surface area contributed by atoms with E-state index in [1.54, 1.807) is 0 Å². The lowest BCUT2D eigenvalue weighted by Gasteiger charge is -2.18. The molecule has 2 heterocycles. The average Bonchev–Trinajstić information content (AvgIpc) is 2.32. The second-order valence-corrected chi connectivity index (χ2v) is 4.47. The minimum Gasteiger partial charge on any atom is -0.397 e. The number of pyridine rings is 2. The number of hydrogen-bond donors (Lipinski definition) is 1. The Morgan fingerprint density at radius 3 is 2.56 bits per heavy atom. The van der Waals surface area contributed by atoms with Crippen LogP contribution in [0.15, 0.2) is 30.3 Å². The third-order valence-electron chi connectivity index (χ3n) is 2.85. The van der Waals surface area contributed by atoms with Crippen LogP contribution < -0.4 is 10.6 Å². The monoisotopic (exact) mass is 242 g/mol. The summed E-state index contributed by atoms with van der Waals surface area (Å²) in [5.74, 6) is 0.907. The maximum Gasteiger partial charge on any atom is 0.129 e. The van der Waals surface area contributed by atoms with Gasteiger partial charge in [-0.25, -0.2) is 4.98 Å². The van der Waals surface area contributed by atoms with Crippen LogP contribution in [0.3, 0.4) is 0 Å². The third kappa shape index (κ3) is 2.77. The fourth-order valence-corrected chi connectivity index (χ4v) is 1.78. The van der Waals surface area contributed by atoms with Gasteiger partial charge in [0, 0.05) is 12.7 Å². The average molecular weight is 242 g/mol. The van der Waals surface area contributed by atoms with Crippen molar-refractivity contribution in [1.29, 1.82) is 0 Å². The molecule has 0 saturated carbocycles. The first-order valence-corrected chi connectivity index (χ1v) is 5.93. The van der Waals surface area contributed by atoms with Gasteiger partial charge in [0.05, 0.1) is 23.6 Å². The predicted octanol–water partition coefficient (Wildman–Crippen LogP) is 2.31. The lowest BCUT2D eigenvalue weighted by atomic mass is 10.3. The summed E-state index contributed by atoms with van der Waals surface area (Å²) < 4.78 is 0. The minimum atomic E-state index is 0.723. The molecule has 0 spiro atoms. The minimum absolute atomic E-state index is 0.723. The SMILES string of the molecule is Cc1cccc(CN(C)c2ccc(N)c(C)n2)n1. The topological polar surface area (TPSA) is 55.0 Å². The number of nitrogens with two attached hydrogens (primary N) is 1. The molecule has 0 aromatic carbocycles. The zero-order valence-electron chi connectivity index (χ0n) is 11.0. The molecule has 4 heteroatoms. The van der Waals surface area contributed by atoms with Crippen LogP contribution in [0, 0.1) is 13.8 Å². The number of nitrogen functional groups attached to an aromatic ring is 1. The largest absolute Gasteiger partial charge is 0.397 e. The second-order valence-electron chi connectivity index (χ2n) is 4.47. The van der Waals surface area contributed by atoms with Gasteiger partial charge in [0.25, 0.3) is 0 Å². The zero-order valence-corrected chi connectivity index (χ0v) is 11.0. The first kappa shape index (κ1) is 12.4. The summed E-state index contributed by atoms with van der Waals surface area (Å²) in [6.07, 6.45) is 0. The van der Waals surface area contributed by atoms with E-state index in [9.17, 15) is 0 Å². The normalized spacial score (nSPS) is 10.4. The maximum absolute atomic E-state index is 5.77. The van der Waals surface area contributed by atoms with E-state index in [1.165, 1.54) is 0 Å². The molecule has 94 valence electrons. The third-order valence-corrected chi connectivity index (χ3v) is 2.85. The molecule has 0 fully saturated rings. The molecule has 0 aliphatic heterocycles. The Hall–Kier alpha value is -2.10. The summed E-state index contributed by atoms with van der Waals surface area (Å²) in [6, 6.07) is 9.85. The van der Waals surface area contributed by atoms with Crippen molar-refractivity contribution < 1.29 is 0 Å². The number of aromatic nitrogens is 2. The number of rotatable bonds is 3. The van der Waals surface area contributed by atoms with Crippen LogP contribution in [0.5, 0.6) is 0 Å². The Balaban J connectivity index is 2.16. The molecule has 0 aliphatic rings. The highest BCUT2D eigenvalue weighted by molar-refractivity contribution is 5.50. The second kappa shape index (κ2) is 5.04. The summed E-state index contributed by atoms with van der Waals surface area (Å²) in [6.45, 7) is 4.64. The van der Waals surface area contributed by atoms with Crippen molar-refractivity contribution >= 4 is 11.5 Å². The van der Waals surface area contributed by atoms with Gasteiger partial charge in [-0.15, -0.1) is 0 Å². The number of anilines is 2. The highest BCUT2D eigenvalue weighted by atomic mass is 15.2. The molecule has 0 amide bonds. The highest BCUT2D eigenvalue weighted by Gasteiger charge is 2.06. The van der Waals surface area contributed by atoms with Gasteiger partial charge in [-0.3, -0.25) is 4.98 Å². The van der Waals surface area contributed by atoms with Crippen molar-refractivity contribution in [2.75, 3.05) is 17.7 Å². The Bertz CT molecular complexity index is 551. The number of nitrogens with zero attached hydrogens (tertiary/aromatic N) is 3. The van der Waals surface area contributed by atoms with Crippen LogP contribution >= 0.6 is 0 Å². The molecule has 0 radical (unpaired) electrons. The predicted molar refractivity (Wildman–Crippen MR) is 74.5 cm³/mol. The van der Waals surface area contributed by atoms with Crippen LogP contribution in [-0.2, 0) is 6.54 Å². The van der Waals surface area contributed by atoms with Gasteiger partial charge in [0.2, 0.25) is 0 Å². The summed E-state index contributed by atoms with van der Waals surface area (Å²) in [7, 11) is 2.00. The van der Waals surface area contributed by atoms with E-state index in [1.807, 2.05) is 51.2 Å². The van der Waals surface area contributed by atoms with E-state index >= 15 is 0 Å². The van der Waals surface area contributed by atoms with Crippen molar-refractivity contribution in [3.63, 3.8) is 0 Å². The Morgan fingerprint density at radius 1 is 1.11 bits per heavy atom. The van der Waals surface area contributed by atoms with Crippen LogP contribution in [0.2, 0.25) is 0 Å². The van der Waals surface area contributed by atoms with Gasteiger partial charge < -0.3 is 10.6 Å². The molecular formula is C14H18N4. The van der Waals surface area contributed by atoms with Crippen LogP contribution in [-0.4, -0.2) is 17.0 Å². The number of aryl methyl sites for hydroxylation is 2. The Labute approximate surface area is 107 Å². The van der Waals surface area contributed by atoms with Gasteiger partial charge in [-0.1, -0.05) is 6.07 Å². The number of hydrogen-bond acceptors (Lipinski definition) is 4. The molecule has 0 bridgehead atoms. The van der Waals surface area contributed by atoms with Crippen molar-refractivity contribution in [2.45, 2.75) is 20.4 Å². The zero-order chi connectivity index (χ0) is 13.1.